The first-order valence-electron chi connectivity index (χ1n) is 5.84. The summed E-state index contributed by atoms with van der Waals surface area (Å²) in [5.74, 6) is 1.21. The fourth-order valence-corrected chi connectivity index (χ4v) is 1.77. The van der Waals surface area contributed by atoms with Gasteiger partial charge in [-0.2, -0.15) is 4.98 Å². The van der Waals surface area contributed by atoms with Crippen molar-refractivity contribution in [3.8, 4) is 17.0 Å². The molecule has 0 aliphatic carbocycles. The summed E-state index contributed by atoms with van der Waals surface area (Å²) in [4.78, 5) is 4.39. The zero-order valence-electron chi connectivity index (χ0n) is 10.8. The van der Waals surface area contributed by atoms with Crippen LogP contribution in [0.3, 0.4) is 0 Å². The van der Waals surface area contributed by atoms with Gasteiger partial charge in [0.25, 0.3) is 0 Å². The molecule has 4 nitrogen and oxygen atoms in total. The van der Waals surface area contributed by atoms with E-state index in [1.54, 1.807) is 14.2 Å². The maximum atomic E-state index is 5.15. The Morgan fingerprint density at radius 1 is 1.16 bits per heavy atom. The fourth-order valence-electron chi connectivity index (χ4n) is 1.67. The number of nitrogens with one attached hydrogen (secondary N) is 2. The number of ether oxygens (including phenoxy) is 1. The smallest absolute Gasteiger partial charge is 0.214 e. The van der Waals surface area contributed by atoms with Crippen molar-refractivity contribution in [1.29, 1.82) is 0 Å². The lowest BCUT2D eigenvalue weighted by atomic mass is 10.1. The van der Waals surface area contributed by atoms with Gasteiger partial charge in [0.15, 0.2) is 5.11 Å². The van der Waals surface area contributed by atoms with Gasteiger partial charge in [-0.15, -0.1) is 0 Å². The van der Waals surface area contributed by atoms with Gasteiger partial charge >= 0.3 is 0 Å². The van der Waals surface area contributed by atoms with Crippen LogP contribution < -0.4 is 15.4 Å². The van der Waals surface area contributed by atoms with E-state index in [4.69, 9.17) is 17.0 Å². The monoisotopic (exact) mass is 273 g/mol. The van der Waals surface area contributed by atoms with Crippen LogP contribution in [-0.4, -0.2) is 24.3 Å². The molecule has 0 aliphatic rings. The van der Waals surface area contributed by atoms with Gasteiger partial charge < -0.3 is 15.4 Å². The van der Waals surface area contributed by atoms with Crippen molar-refractivity contribution in [2.24, 2.45) is 0 Å². The third-order valence-electron chi connectivity index (χ3n) is 2.62. The summed E-state index contributed by atoms with van der Waals surface area (Å²) < 4.78 is 5.15. The average Bonchev–Trinajstić information content (AvgIpc) is 2.48. The van der Waals surface area contributed by atoms with Crippen molar-refractivity contribution in [1.82, 2.24) is 10.3 Å². The van der Waals surface area contributed by atoms with E-state index in [2.05, 4.69) is 15.6 Å². The van der Waals surface area contributed by atoms with Crippen molar-refractivity contribution in [2.45, 2.75) is 0 Å². The molecule has 0 atom stereocenters. The molecule has 0 fully saturated rings. The van der Waals surface area contributed by atoms with Crippen LogP contribution in [0.15, 0.2) is 42.5 Å². The largest absolute Gasteiger partial charge is 0.481 e. The molecular weight excluding hydrogens is 258 g/mol. The molecule has 0 aliphatic heterocycles. The summed E-state index contributed by atoms with van der Waals surface area (Å²) in [7, 11) is 3.35. The Labute approximate surface area is 117 Å². The number of hydrogen-bond acceptors (Lipinski definition) is 3. The molecule has 0 amide bonds. The number of hydrogen-bond donors (Lipinski definition) is 2. The van der Waals surface area contributed by atoms with Crippen LogP contribution >= 0.6 is 12.2 Å². The Morgan fingerprint density at radius 2 is 1.89 bits per heavy atom. The van der Waals surface area contributed by atoms with Gasteiger partial charge in [0.1, 0.15) is 5.82 Å². The van der Waals surface area contributed by atoms with Gasteiger partial charge in [-0.1, -0.05) is 30.3 Å². The number of aromatic nitrogens is 1. The molecule has 0 saturated carbocycles. The second-order valence-electron chi connectivity index (χ2n) is 3.82. The highest BCUT2D eigenvalue weighted by Crippen LogP contribution is 2.28. The number of thiocarbonyl (C=S) groups is 1. The Bertz CT molecular complexity index is 572. The first-order valence-corrected chi connectivity index (χ1v) is 6.24. The number of anilines is 1. The second kappa shape index (κ2) is 6.15. The quantitative estimate of drug-likeness (QED) is 0.842. The minimum absolute atomic E-state index is 0.512. The number of benzene rings is 1. The van der Waals surface area contributed by atoms with Crippen molar-refractivity contribution in [3.63, 3.8) is 0 Å². The molecule has 0 radical (unpaired) electrons. The number of methoxy groups -OCH3 is 1. The van der Waals surface area contributed by atoms with E-state index >= 15 is 0 Å². The summed E-state index contributed by atoms with van der Waals surface area (Å²) in [6.45, 7) is 0. The minimum atomic E-state index is 0.512. The lowest BCUT2D eigenvalue weighted by Gasteiger charge is -2.12. The number of nitrogens with zero attached hydrogens (tertiary/aromatic N) is 1. The number of pyridine rings is 1. The molecule has 98 valence electrons. The van der Waals surface area contributed by atoms with Crippen LogP contribution in [0, 0.1) is 0 Å². The standard InChI is InChI=1S/C14H15N3OS/c1-15-14(19)17-13-11(8-9-12(16-13)18-2)10-6-4-3-5-7-10/h3-9H,1-2H3,(H2,15,16,17,19). The molecule has 0 spiro atoms. The van der Waals surface area contributed by atoms with E-state index in [1.807, 2.05) is 42.5 Å². The molecule has 1 aromatic heterocycles. The number of rotatable bonds is 3. The van der Waals surface area contributed by atoms with Crippen LogP contribution in [0.2, 0.25) is 0 Å². The van der Waals surface area contributed by atoms with Crippen LogP contribution in [0.5, 0.6) is 5.88 Å². The van der Waals surface area contributed by atoms with E-state index in [-0.39, 0.29) is 0 Å². The molecule has 1 aromatic carbocycles. The van der Waals surface area contributed by atoms with E-state index in [0.29, 0.717) is 16.8 Å². The predicted octanol–water partition coefficient (Wildman–Crippen LogP) is 2.67. The molecule has 19 heavy (non-hydrogen) atoms. The van der Waals surface area contributed by atoms with Crippen molar-refractivity contribution >= 4 is 23.1 Å². The topological polar surface area (TPSA) is 46.2 Å². The average molecular weight is 273 g/mol. The Kier molecular flexibility index (Phi) is 4.30. The van der Waals surface area contributed by atoms with Gasteiger partial charge in [-0.3, -0.25) is 0 Å². The van der Waals surface area contributed by atoms with E-state index in [1.165, 1.54) is 0 Å². The summed E-state index contributed by atoms with van der Waals surface area (Å²) in [5.41, 5.74) is 2.04. The molecule has 5 heteroatoms. The highest BCUT2D eigenvalue weighted by Gasteiger charge is 2.09. The lowest BCUT2D eigenvalue weighted by Crippen LogP contribution is -2.25. The molecule has 2 rings (SSSR count). The highest BCUT2D eigenvalue weighted by molar-refractivity contribution is 7.80. The predicted molar refractivity (Wildman–Crippen MR) is 81.5 cm³/mol. The van der Waals surface area contributed by atoms with Crippen molar-refractivity contribution in [3.05, 3.63) is 42.5 Å². The van der Waals surface area contributed by atoms with Gasteiger partial charge in [0.2, 0.25) is 5.88 Å². The first-order chi connectivity index (χ1) is 9.24. The van der Waals surface area contributed by atoms with Gasteiger partial charge in [-0.25, -0.2) is 0 Å². The van der Waals surface area contributed by atoms with Crippen LogP contribution in [0.25, 0.3) is 11.1 Å². The van der Waals surface area contributed by atoms with E-state index in [0.717, 1.165) is 11.1 Å². The molecule has 2 aromatic rings. The zero-order chi connectivity index (χ0) is 13.7. The zero-order valence-corrected chi connectivity index (χ0v) is 11.6. The maximum Gasteiger partial charge on any atom is 0.214 e. The Balaban J connectivity index is 2.44. The SMILES string of the molecule is CNC(=S)Nc1nc(OC)ccc1-c1ccccc1. The third-order valence-corrected chi connectivity index (χ3v) is 2.93. The Hall–Kier alpha value is -2.14. The molecule has 1 heterocycles. The van der Waals surface area contributed by atoms with Crippen molar-refractivity contribution in [2.75, 3.05) is 19.5 Å². The first kappa shape index (κ1) is 13.3. The maximum absolute atomic E-state index is 5.15. The molecular formula is C14H15N3OS. The van der Waals surface area contributed by atoms with Gasteiger partial charge in [-0.05, 0) is 23.8 Å². The summed E-state index contributed by atoms with van der Waals surface area (Å²) >= 11 is 5.12. The van der Waals surface area contributed by atoms with Crippen LogP contribution in [0.4, 0.5) is 5.82 Å². The van der Waals surface area contributed by atoms with Gasteiger partial charge in [0, 0.05) is 18.7 Å². The van der Waals surface area contributed by atoms with Crippen molar-refractivity contribution < 1.29 is 4.74 Å². The normalized spacial score (nSPS) is 9.79. The summed E-state index contributed by atoms with van der Waals surface area (Å²) in [6.07, 6.45) is 0. The summed E-state index contributed by atoms with van der Waals surface area (Å²) in [6, 6.07) is 13.8. The molecule has 0 unspecified atom stereocenters. The fraction of sp³-hybridized carbons (Fsp3) is 0.143. The molecule has 0 saturated heterocycles. The van der Waals surface area contributed by atoms with E-state index in [9.17, 15) is 0 Å². The Morgan fingerprint density at radius 3 is 2.53 bits per heavy atom. The lowest BCUT2D eigenvalue weighted by molar-refractivity contribution is 0.398. The highest BCUT2D eigenvalue weighted by atomic mass is 32.1. The van der Waals surface area contributed by atoms with Gasteiger partial charge in [0.05, 0.1) is 7.11 Å². The second-order valence-corrected chi connectivity index (χ2v) is 4.23. The molecule has 0 bridgehead atoms. The third kappa shape index (κ3) is 3.20. The molecule has 2 N–H and O–H groups in total. The van der Waals surface area contributed by atoms with Crippen LogP contribution in [-0.2, 0) is 0 Å². The summed E-state index contributed by atoms with van der Waals surface area (Å²) in [5, 5.41) is 6.44. The van der Waals surface area contributed by atoms with Crippen LogP contribution in [0.1, 0.15) is 0 Å². The van der Waals surface area contributed by atoms with E-state index < -0.39 is 0 Å². The minimum Gasteiger partial charge on any atom is -0.481 e.